The molecule has 0 heterocycles. The third-order valence-corrected chi connectivity index (χ3v) is 4.52. The Kier molecular flexibility index (Phi) is 3.02. The van der Waals surface area contributed by atoms with Gasteiger partial charge in [0.2, 0.25) is 0 Å². The van der Waals surface area contributed by atoms with E-state index in [0.717, 1.165) is 19.3 Å². The maximum absolute atomic E-state index is 14.0. The van der Waals surface area contributed by atoms with Crippen LogP contribution in [-0.2, 0) is 4.74 Å². The largest absolute Gasteiger partial charge is 0.375 e. The van der Waals surface area contributed by atoms with Crippen LogP contribution in [0.1, 0.15) is 52.9 Å². The highest BCUT2D eigenvalue weighted by Crippen LogP contribution is 2.62. The van der Waals surface area contributed by atoms with E-state index >= 15 is 0 Å². The Morgan fingerprint density at radius 2 is 1.94 bits per heavy atom. The first-order valence-corrected chi connectivity index (χ1v) is 6.44. The summed E-state index contributed by atoms with van der Waals surface area (Å²) in [6, 6.07) is 0. The van der Waals surface area contributed by atoms with Gasteiger partial charge in [-0.15, -0.1) is 0 Å². The van der Waals surface area contributed by atoms with Crippen LogP contribution in [0.25, 0.3) is 0 Å². The Bertz CT molecular complexity index is 265. The number of fused-ring (bicyclic) bond motifs is 1. The number of ether oxygens (including phenoxy) is 1. The van der Waals surface area contributed by atoms with Crippen molar-refractivity contribution in [1.82, 2.24) is 0 Å². The van der Waals surface area contributed by atoms with Crippen LogP contribution in [0.4, 0.5) is 8.78 Å². The summed E-state index contributed by atoms with van der Waals surface area (Å²) < 4.78 is 33.6. The number of halogens is 2. The van der Waals surface area contributed by atoms with Gasteiger partial charge in [-0.25, -0.2) is 8.78 Å². The molecule has 0 bridgehead atoms. The zero-order valence-electron chi connectivity index (χ0n) is 10.4. The van der Waals surface area contributed by atoms with Gasteiger partial charge in [-0.2, -0.15) is 0 Å². The van der Waals surface area contributed by atoms with E-state index < -0.39 is 11.8 Å². The average Bonchev–Trinajstić information content (AvgIpc) is 2.66. The fourth-order valence-corrected chi connectivity index (χ4v) is 3.79. The van der Waals surface area contributed by atoms with Crippen LogP contribution in [-0.4, -0.2) is 18.1 Å². The molecule has 3 heteroatoms. The molecule has 94 valence electrons. The first-order valence-electron chi connectivity index (χ1n) is 6.44. The molecular formula is C13H22F2O. The summed E-state index contributed by atoms with van der Waals surface area (Å²) in [7, 11) is 0. The lowest BCUT2D eigenvalue weighted by molar-refractivity contribution is -0.123. The van der Waals surface area contributed by atoms with E-state index in [2.05, 4.69) is 0 Å². The summed E-state index contributed by atoms with van der Waals surface area (Å²) in [6.45, 7) is 5.91. The molecule has 2 aliphatic carbocycles. The first-order chi connectivity index (χ1) is 7.41. The van der Waals surface area contributed by atoms with Crippen molar-refractivity contribution < 1.29 is 13.5 Å². The second-order valence-electron chi connectivity index (χ2n) is 5.72. The molecule has 3 unspecified atom stereocenters. The molecule has 0 aromatic rings. The van der Waals surface area contributed by atoms with Crippen molar-refractivity contribution in [1.29, 1.82) is 0 Å². The SMILES string of the molecule is CCC12CCC(OC(C)C)C1C(F)(F)CC2. The monoisotopic (exact) mass is 232 g/mol. The highest BCUT2D eigenvalue weighted by Gasteiger charge is 2.63. The molecule has 0 aromatic carbocycles. The van der Waals surface area contributed by atoms with Crippen molar-refractivity contribution >= 4 is 0 Å². The molecular weight excluding hydrogens is 210 g/mol. The Labute approximate surface area is 96.6 Å². The summed E-state index contributed by atoms with van der Waals surface area (Å²) in [6.07, 6.45) is 3.16. The van der Waals surface area contributed by atoms with Crippen LogP contribution in [0.3, 0.4) is 0 Å². The van der Waals surface area contributed by atoms with Crippen LogP contribution in [0.5, 0.6) is 0 Å². The van der Waals surface area contributed by atoms with Crippen molar-refractivity contribution in [3.8, 4) is 0 Å². The Morgan fingerprint density at radius 1 is 1.25 bits per heavy atom. The summed E-state index contributed by atoms with van der Waals surface area (Å²) in [5, 5.41) is 0. The lowest BCUT2D eigenvalue weighted by atomic mass is 9.77. The molecule has 0 radical (unpaired) electrons. The molecule has 0 amide bonds. The molecule has 0 aromatic heterocycles. The van der Waals surface area contributed by atoms with Gasteiger partial charge in [0.1, 0.15) is 0 Å². The highest BCUT2D eigenvalue weighted by molar-refractivity contribution is 5.08. The minimum atomic E-state index is -2.51. The standard InChI is InChI=1S/C13H22F2O/c1-4-12-6-5-10(16-9(2)3)11(12)13(14,15)8-7-12/h9-11H,4-8H2,1-3H3. The van der Waals surface area contributed by atoms with Crippen molar-refractivity contribution in [3.63, 3.8) is 0 Å². The van der Waals surface area contributed by atoms with Gasteiger partial charge in [0, 0.05) is 6.42 Å². The smallest absolute Gasteiger partial charge is 0.253 e. The Hall–Kier alpha value is -0.180. The zero-order chi connectivity index (χ0) is 12.0. The topological polar surface area (TPSA) is 9.23 Å². The molecule has 1 nitrogen and oxygen atoms in total. The van der Waals surface area contributed by atoms with E-state index in [1.807, 2.05) is 20.8 Å². The number of alkyl halides is 2. The van der Waals surface area contributed by atoms with Crippen LogP contribution in [0, 0.1) is 11.3 Å². The van der Waals surface area contributed by atoms with Gasteiger partial charge in [0.15, 0.2) is 0 Å². The van der Waals surface area contributed by atoms with Crippen LogP contribution in [0.15, 0.2) is 0 Å². The lowest BCUT2D eigenvalue weighted by Crippen LogP contribution is -2.38. The average molecular weight is 232 g/mol. The van der Waals surface area contributed by atoms with Gasteiger partial charge in [0.05, 0.1) is 18.1 Å². The third kappa shape index (κ3) is 1.77. The molecule has 0 N–H and O–H groups in total. The third-order valence-electron chi connectivity index (χ3n) is 4.52. The van der Waals surface area contributed by atoms with Gasteiger partial charge >= 0.3 is 0 Å². The molecule has 0 aliphatic heterocycles. The van der Waals surface area contributed by atoms with Crippen LogP contribution in [0.2, 0.25) is 0 Å². The molecule has 0 saturated heterocycles. The summed E-state index contributed by atoms with van der Waals surface area (Å²) in [5.74, 6) is -3.04. The van der Waals surface area contributed by atoms with E-state index in [1.54, 1.807) is 0 Å². The van der Waals surface area contributed by atoms with Gasteiger partial charge < -0.3 is 4.74 Å². The van der Waals surface area contributed by atoms with E-state index in [-0.39, 0.29) is 24.0 Å². The van der Waals surface area contributed by atoms with Gasteiger partial charge in [-0.1, -0.05) is 6.92 Å². The van der Waals surface area contributed by atoms with Gasteiger partial charge in [0.25, 0.3) is 5.92 Å². The van der Waals surface area contributed by atoms with Crippen molar-refractivity contribution in [2.75, 3.05) is 0 Å². The lowest BCUT2D eigenvalue weighted by Gasteiger charge is -2.33. The number of hydrogen-bond acceptors (Lipinski definition) is 1. The van der Waals surface area contributed by atoms with E-state index in [4.69, 9.17) is 4.74 Å². The Morgan fingerprint density at radius 3 is 2.50 bits per heavy atom. The fraction of sp³-hybridized carbons (Fsp3) is 1.00. The molecule has 0 spiro atoms. The predicted molar refractivity (Wildman–Crippen MR) is 59.6 cm³/mol. The maximum Gasteiger partial charge on any atom is 0.253 e. The van der Waals surface area contributed by atoms with Gasteiger partial charge in [-0.05, 0) is 44.9 Å². The van der Waals surface area contributed by atoms with Crippen LogP contribution >= 0.6 is 0 Å². The normalized spacial score (nSPS) is 41.6. The second-order valence-corrected chi connectivity index (χ2v) is 5.72. The maximum atomic E-state index is 14.0. The molecule has 3 atom stereocenters. The minimum Gasteiger partial charge on any atom is -0.375 e. The van der Waals surface area contributed by atoms with Crippen molar-refractivity contribution in [2.45, 2.75) is 71.0 Å². The zero-order valence-corrected chi connectivity index (χ0v) is 10.4. The molecule has 2 rings (SSSR count). The minimum absolute atomic E-state index is 0.0501. The predicted octanol–water partition coefficient (Wildman–Crippen LogP) is 4.02. The summed E-state index contributed by atoms with van der Waals surface area (Å²) in [4.78, 5) is 0. The number of hydrogen-bond donors (Lipinski definition) is 0. The van der Waals surface area contributed by atoms with Crippen LogP contribution < -0.4 is 0 Å². The first kappa shape index (κ1) is 12.3. The van der Waals surface area contributed by atoms with E-state index in [0.29, 0.717) is 6.42 Å². The van der Waals surface area contributed by atoms with Gasteiger partial charge in [-0.3, -0.25) is 0 Å². The Balaban J connectivity index is 2.21. The summed E-state index contributed by atoms with van der Waals surface area (Å²) >= 11 is 0. The van der Waals surface area contributed by atoms with E-state index in [1.165, 1.54) is 0 Å². The van der Waals surface area contributed by atoms with Crippen molar-refractivity contribution in [3.05, 3.63) is 0 Å². The molecule has 2 aliphatic rings. The quantitative estimate of drug-likeness (QED) is 0.714. The fourth-order valence-electron chi connectivity index (χ4n) is 3.79. The second kappa shape index (κ2) is 3.94. The molecule has 2 saturated carbocycles. The molecule has 2 fully saturated rings. The van der Waals surface area contributed by atoms with E-state index in [9.17, 15) is 8.78 Å². The van der Waals surface area contributed by atoms with Crippen molar-refractivity contribution in [2.24, 2.45) is 11.3 Å². The molecule has 16 heavy (non-hydrogen) atoms. The number of rotatable bonds is 3. The highest BCUT2D eigenvalue weighted by atomic mass is 19.3. The summed E-state index contributed by atoms with van der Waals surface area (Å²) in [5.41, 5.74) is -0.136.